The summed E-state index contributed by atoms with van der Waals surface area (Å²) in [6.07, 6.45) is 0.888. The van der Waals surface area contributed by atoms with E-state index >= 15 is 0 Å². The molecule has 1 atom stereocenters. The van der Waals surface area contributed by atoms with Crippen LogP contribution in [0.25, 0.3) is 11.0 Å². The van der Waals surface area contributed by atoms with Crippen LogP contribution in [0.4, 0.5) is 0 Å². The number of carboxylic acid groups (broad SMARTS) is 1. The fraction of sp³-hybridized carbons (Fsp3) is 0.357. The molecule has 0 bridgehead atoms. The molecule has 21 heavy (non-hydrogen) atoms. The van der Waals surface area contributed by atoms with Gasteiger partial charge in [0.15, 0.2) is 0 Å². The van der Waals surface area contributed by atoms with Crippen LogP contribution in [0.15, 0.2) is 23.0 Å². The number of piperidine rings is 1. The molecule has 0 radical (unpaired) electrons. The van der Waals surface area contributed by atoms with Crippen molar-refractivity contribution in [2.75, 3.05) is 13.6 Å². The Kier molecular flexibility index (Phi) is 3.04. The number of hydrogen-bond donors (Lipinski definition) is 2. The molecular formula is C14H15N3O4. The number of H-pyrrole nitrogens is 1. The lowest BCUT2D eigenvalue weighted by molar-refractivity contribution is -0.132. The summed E-state index contributed by atoms with van der Waals surface area (Å²) < 4.78 is 1.47. The largest absolute Gasteiger partial charge is 0.478 e. The standard InChI is InChI=1S/C14H15N3O4/c1-16-7-8(5-6-11(16)18)17-12-9(13(19)20)3-2-4-10(12)15-14(17)21/h2-4,8H,5-7H2,1H3,(H,15,21)(H,19,20). The number of carbonyl (C=O) groups excluding carboxylic acids is 1. The predicted octanol–water partition coefficient (Wildman–Crippen LogP) is 0.821. The lowest BCUT2D eigenvalue weighted by Gasteiger charge is -2.30. The van der Waals surface area contributed by atoms with E-state index in [-0.39, 0.29) is 23.2 Å². The molecule has 0 spiro atoms. The zero-order valence-electron chi connectivity index (χ0n) is 11.5. The van der Waals surface area contributed by atoms with E-state index in [0.717, 1.165) is 0 Å². The average molecular weight is 289 g/mol. The van der Waals surface area contributed by atoms with Crippen LogP contribution in [0, 0.1) is 0 Å². The SMILES string of the molecule is CN1CC(n2c(=O)[nH]c3cccc(C(=O)O)c32)CCC1=O. The fourth-order valence-corrected chi connectivity index (χ4v) is 2.90. The van der Waals surface area contributed by atoms with Crippen LogP contribution < -0.4 is 5.69 Å². The Balaban J connectivity index is 2.18. The van der Waals surface area contributed by atoms with Crippen molar-refractivity contribution in [1.29, 1.82) is 0 Å². The van der Waals surface area contributed by atoms with Gasteiger partial charge in [0, 0.05) is 20.0 Å². The van der Waals surface area contributed by atoms with Crippen molar-refractivity contribution in [2.24, 2.45) is 0 Å². The summed E-state index contributed by atoms with van der Waals surface area (Å²) in [5, 5.41) is 9.32. The Hall–Kier alpha value is -2.57. The van der Waals surface area contributed by atoms with Gasteiger partial charge in [-0.25, -0.2) is 9.59 Å². The van der Waals surface area contributed by atoms with Crippen molar-refractivity contribution in [3.05, 3.63) is 34.2 Å². The number of carbonyl (C=O) groups is 2. The minimum Gasteiger partial charge on any atom is -0.478 e. The third-order valence-corrected chi connectivity index (χ3v) is 3.93. The summed E-state index contributed by atoms with van der Waals surface area (Å²) in [6, 6.07) is 4.54. The van der Waals surface area contributed by atoms with Gasteiger partial charge in [-0.2, -0.15) is 0 Å². The van der Waals surface area contributed by atoms with Crippen molar-refractivity contribution < 1.29 is 14.7 Å². The number of nitrogens with one attached hydrogen (secondary N) is 1. The quantitative estimate of drug-likeness (QED) is 0.855. The highest BCUT2D eigenvalue weighted by Crippen LogP contribution is 2.25. The highest BCUT2D eigenvalue weighted by Gasteiger charge is 2.28. The van der Waals surface area contributed by atoms with Crippen molar-refractivity contribution >= 4 is 22.9 Å². The minimum absolute atomic E-state index is 0.0394. The molecule has 1 amide bonds. The van der Waals surface area contributed by atoms with Crippen molar-refractivity contribution in [1.82, 2.24) is 14.5 Å². The number of para-hydroxylation sites is 1. The van der Waals surface area contributed by atoms with E-state index in [2.05, 4.69) is 4.98 Å². The van der Waals surface area contributed by atoms with E-state index in [0.29, 0.717) is 30.4 Å². The number of hydrogen-bond acceptors (Lipinski definition) is 3. The second-order valence-corrected chi connectivity index (χ2v) is 5.27. The number of likely N-dealkylation sites (N-methyl/N-ethyl adjacent to an activating group) is 1. The van der Waals surface area contributed by atoms with Crippen molar-refractivity contribution in [2.45, 2.75) is 18.9 Å². The molecule has 2 aromatic rings. The molecule has 0 aliphatic carbocycles. The van der Waals surface area contributed by atoms with Gasteiger partial charge >= 0.3 is 11.7 Å². The predicted molar refractivity (Wildman–Crippen MR) is 75.4 cm³/mol. The third-order valence-electron chi connectivity index (χ3n) is 3.93. The van der Waals surface area contributed by atoms with Crippen LogP contribution in [0.2, 0.25) is 0 Å². The number of rotatable bonds is 2. The smallest absolute Gasteiger partial charge is 0.337 e. The van der Waals surface area contributed by atoms with Gasteiger partial charge < -0.3 is 15.0 Å². The zero-order valence-corrected chi connectivity index (χ0v) is 11.5. The van der Waals surface area contributed by atoms with E-state index in [1.54, 1.807) is 24.1 Å². The number of nitrogens with zero attached hydrogens (tertiary/aromatic N) is 2. The van der Waals surface area contributed by atoms with E-state index in [1.165, 1.54) is 10.6 Å². The number of carboxylic acids is 1. The average Bonchev–Trinajstić information content (AvgIpc) is 2.77. The molecule has 1 aliphatic rings. The van der Waals surface area contributed by atoms with E-state index in [9.17, 15) is 19.5 Å². The third kappa shape index (κ3) is 2.10. The summed E-state index contributed by atoms with van der Waals surface area (Å²) in [7, 11) is 1.69. The Bertz CT molecular complexity index is 789. The van der Waals surface area contributed by atoms with Crippen LogP contribution >= 0.6 is 0 Å². The maximum absolute atomic E-state index is 12.2. The normalized spacial score (nSPS) is 19.2. The molecule has 1 aromatic heterocycles. The fourth-order valence-electron chi connectivity index (χ4n) is 2.90. The number of imidazole rings is 1. The summed E-state index contributed by atoms with van der Waals surface area (Å²) in [6.45, 7) is 0.402. The van der Waals surface area contributed by atoms with E-state index in [4.69, 9.17) is 0 Å². The molecule has 7 nitrogen and oxygen atoms in total. The molecule has 110 valence electrons. The van der Waals surface area contributed by atoms with Gasteiger partial charge in [0.2, 0.25) is 5.91 Å². The Labute approximate surface area is 119 Å². The molecule has 0 saturated carbocycles. The first kappa shape index (κ1) is 13.4. The minimum atomic E-state index is -1.08. The molecule has 7 heteroatoms. The number of likely N-dealkylation sites (tertiary alicyclic amines) is 1. The maximum Gasteiger partial charge on any atom is 0.337 e. The Morgan fingerprint density at radius 1 is 1.38 bits per heavy atom. The van der Waals surface area contributed by atoms with Crippen LogP contribution in [0.3, 0.4) is 0 Å². The number of aromatic carboxylic acids is 1. The molecule has 2 heterocycles. The molecule has 1 unspecified atom stereocenters. The summed E-state index contributed by atoms with van der Waals surface area (Å²) in [4.78, 5) is 39.4. The Morgan fingerprint density at radius 3 is 2.81 bits per heavy atom. The van der Waals surface area contributed by atoms with Gasteiger partial charge in [-0.3, -0.25) is 9.36 Å². The summed E-state index contributed by atoms with van der Waals surface area (Å²) in [5.41, 5.74) is 0.638. The number of aromatic amines is 1. The second kappa shape index (κ2) is 4.76. The van der Waals surface area contributed by atoms with Crippen LogP contribution in [-0.2, 0) is 4.79 Å². The van der Waals surface area contributed by atoms with Gasteiger partial charge in [0.1, 0.15) is 0 Å². The molecular weight excluding hydrogens is 274 g/mol. The molecule has 2 N–H and O–H groups in total. The number of aromatic nitrogens is 2. The Morgan fingerprint density at radius 2 is 2.14 bits per heavy atom. The summed E-state index contributed by atoms with van der Waals surface area (Å²) >= 11 is 0. The van der Waals surface area contributed by atoms with Crippen molar-refractivity contribution in [3.8, 4) is 0 Å². The molecule has 1 fully saturated rings. The molecule has 1 aliphatic heterocycles. The summed E-state index contributed by atoms with van der Waals surface area (Å²) in [5.74, 6) is -1.04. The topological polar surface area (TPSA) is 95.4 Å². The van der Waals surface area contributed by atoms with Crippen LogP contribution in [0.5, 0.6) is 0 Å². The van der Waals surface area contributed by atoms with Gasteiger partial charge in [0.25, 0.3) is 0 Å². The van der Waals surface area contributed by atoms with E-state index < -0.39 is 5.97 Å². The first-order valence-corrected chi connectivity index (χ1v) is 6.69. The van der Waals surface area contributed by atoms with Crippen molar-refractivity contribution in [3.63, 3.8) is 0 Å². The zero-order chi connectivity index (χ0) is 15.1. The molecule has 1 aromatic carbocycles. The second-order valence-electron chi connectivity index (χ2n) is 5.27. The number of benzene rings is 1. The first-order valence-electron chi connectivity index (χ1n) is 6.69. The van der Waals surface area contributed by atoms with E-state index in [1.807, 2.05) is 0 Å². The van der Waals surface area contributed by atoms with Gasteiger partial charge in [0.05, 0.1) is 22.6 Å². The first-order chi connectivity index (χ1) is 9.99. The maximum atomic E-state index is 12.2. The highest BCUT2D eigenvalue weighted by molar-refractivity contribution is 6.01. The lowest BCUT2D eigenvalue weighted by atomic mass is 10.0. The van der Waals surface area contributed by atoms with Gasteiger partial charge in [-0.1, -0.05) is 6.07 Å². The van der Waals surface area contributed by atoms with Gasteiger partial charge in [-0.05, 0) is 18.6 Å². The lowest BCUT2D eigenvalue weighted by Crippen LogP contribution is -2.40. The van der Waals surface area contributed by atoms with Crippen LogP contribution in [-0.4, -0.2) is 45.0 Å². The van der Waals surface area contributed by atoms with Gasteiger partial charge in [-0.15, -0.1) is 0 Å². The highest BCUT2D eigenvalue weighted by atomic mass is 16.4. The number of fused-ring (bicyclic) bond motifs is 1. The molecule has 3 rings (SSSR count). The molecule has 1 saturated heterocycles. The monoisotopic (exact) mass is 289 g/mol. The number of amides is 1. The van der Waals surface area contributed by atoms with Crippen LogP contribution in [0.1, 0.15) is 29.2 Å².